The van der Waals surface area contributed by atoms with E-state index in [9.17, 15) is 44.7 Å². The van der Waals surface area contributed by atoms with Crippen molar-refractivity contribution in [1.82, 2.24) is 0 Å². The molecule has 44 heavy (non-hydrogen) atoms. The summed E-state index contributed by atoms with van der Waals surface area (Å²) in [6.45, 7) is 1.13. The van der Waals surface area contributed by atoms with Gasteiger partial charge in [0.15, 0.2) is 5.92 Å². The van der Waals surface area contributed by atoms with Crippen molar-refractivity contribution in [3.05, 3.63) is 96.6 Å². The highest BCUT2D eigenvalue weighted by Gasteiger charge is 2.32. The Kier molecular flexibility index (Phi) is 9.11. The molecule has 0 aliphatic rings. The summed E-state index contributed by atoms with van der Waals surface area (Å²) in [6.07, 6.45) is -9.78. The lowest BCUT2D eigenvalue weighted by atomic mass is 10.0. The summed E-state index contributed by atoms with van der Waals surface area (Å²) >= 11 is 0. The zero-order valence-electron chi connectivity index (χ0n) is 22.1. The number of halogens is 8. The van der Waals surface area contributed by atoms with Gasteiger partial charge in [0.2, 0.25) is 0 Å². The van der Waals surface area contributed by atoms with Gasteiger partial charge in [0.05, 0.1) is 0 Å². The van der Waals surface area contributed by atoms with Gasteiger partial charge in [-0.15, -0.1) is 26.3 Å². The fraction of sp³-hybridized carbons (Fsp3) is 0.133. The summed E-state index contributed by atoms with van der Waals surface area (Å²) in [4.78, 5) is 25.0. The third kappa shape index (κ3) is 8.46. The van der Waals surface area contributed by atoms with Crippen molar-refractivity contribution in [1.29, 1.82) is 0 Å². The van der Waals surface area contributed by atoms with Crippen LogP contribution in [0.3, 0.4) is 0 Å². The monoisotopic (exact) mass is 626 g/mol. The molecule has 230 valence electrons. The van der Waals surface area contributed by atoms with E-state index >= 15 is 0 Å². The summed E-state index contributed by atoms with van der Waals surface area (Å²) in [5.41, 5.74) is 0.369. The van der Waals surface area contributed by atoms with Gasteiger partial charge in [0.25, 0.3) is 0 Å². The normalized spacial score (nSPS) is 11.7. The standard InChI is InChI=1S/C30H18F8O6/c1-16(27(39)41-21-10-12-23(25(31)14-21)17-2-6-19(7-3-17)43-29(33,34)35)28(40)42-22-11-13-24(26(32)15-22)18-4-8-20(9-5-18)44-30(36,37)38/h2-16H,1H3. The van der Waals surface area contributed by atoms with Crippen molar-refractivity contribution >= 4 is 11.9 Å². The second-order valence-electron chi connectivity index (χ2n) is 8.99. The van der Waals surface area contributed by atoms with Crippen molar-refractivity contribution in [2.75, 3.05) is 0 Å². The van der Waals surface area contributed by atoms with Crippen LogP contribution in [0.4, 0.5) is 35.1 Å². The first-order valence-corrected chi connectivity index (χ1v) is 12.3. The molecule has 0 bridgehead atoms. The molecule has 4 aromatic rings. The second kappa shape index (κ2) is 12.6. The molecule has 0 N–H and O–H groups in total. The molecule has 0 atom stereocenters. The van der Waals surface area contributed by atoms with E-state index in [4.69, 9.17) is 9.47 Å². The number of carbonyl (C=O) groups is 2. The molecular formula is C30H18F8O6. The van der Waals surface area contributed by atoms with Gasteiger partial charge in [-0.1, -0.05) is 24.3 Å². The minimum atomic E-state index is -4.89. The molecule has 0 aliphatic heterocycles. The Morgan fingerprint density at radius 1 is 0.545 bits per heavy atom. The lowest BCUT2D eigenvalue weighted by Gasteiger charge is -2.13. The summed E-state index contributed by atoms with van der Waals surface area (Å²) in [6, 6.07) is 15.3. The maximum absolute atomic E-state index is 14.7. The molecule has 0 saturated heterocycles. The topological polar surface area (TPSA) is 71.1 Å². The van der Waals surface area contributed by atoms with E-state index in [2.05, 4.69) is 9.47 Å². The van der Waals surface area contributed by atoms with E-state index in [-0.39, 0.29) is 33.8 Å². The summed E-state index contributed by atoms with van der Waals surface area (Å²) < 4.78 is 121. The molecule has 0 radical (unpaired) electrons. The highest BCUT2D eigenvalue weighted by molar-refractivity contribution is 5.96. The molecule has 0 unspecified atom stereocenters. The number of hydrogen-bond acceptors (Lipinski definition) is 6. The average molecular weight is 626 g/mol. The van der Waals surface area contributed by atoms with Crippen molar-refractivity contribution in [3.8, 4) is 45.3 Å². The van der Waals surface area contributed by atoms with Crippen LogP contribution in [0, 0.1) is 17.6 Å². The van der Waals surface area contributed by atoms with Crippen LogP contribution in [0.5, 0.6) is 23.0 Å². The molecule has 0 fully saturated rings. The third-order valence-electron chi connectivity index (χ3n) is 5.82. The largest absolute Gasteiger partial charge is 0.573 e. The first-order valence-electron chi connectivity index (χ1n) is 12.3. The number of alkyl halides is 6. The van der Waals surface area contributed by atoms with Gasteiger partial charge in [-0.3, -0.25) is 9.59 Å². The number of rotatable bonds is 8. The number of ether oxygens (including phenoxy) is 4. The zero-order valence-corrected chi connectivity index (χ0v) is 22.1. The number of esters is 2. The first-order chi connectivity index (χ1) is 20.6. The Morgan fingerprint density at radius 2 is 0.864 bits per heavy atom. The van der Waals surface area contributed by atoms with Crippen molar-refractivity contribution < 1.29 is 63.7 Å². The average Bonchev–Trinajstić information content (AvgIpc) is 2.92. The molecule has 14 heteroatoms. The molecule has 0 spiro atoms. The van der Waals surface area contributed by atoms with E-state index < -0.39 is 53.7 Å². The van der Waals surface area contributed by atoms with E-state index in [1.165, 1.54) is 48.5 Å². The van der Waals surface area contributed by atoms with E-state index in [0.717, 1.165) is 43.3 Å². The Labute approximate surface area is 243 Å². The molecule has 0 saturated carbocycles. The molecule has 0 heterocycles. The van der Waals surface area contributed by atoms with Crippen LogP contribution in [0.1, 0.15) is 6.92 Å². The van der Waals surface area contributed by atoms with E-state index in [1.807, 2.05) is 0 Å². The van der Waals surface area contributed by atoms with Gasteiger partial charge in [0, 0.05) is 23.3 Å². The second-order valence-corrected chi connectivity index (χ2v) is 8.99. The van der Waals surface area contributed by atoms with Crippen molar-refractivity contribution in [2.45, 2.75) is 19.6 Å². The van der Waals surface area contributed by atoms with E-state index in [1.54, 1.807) is 0 Å². The maximum Gasteiger partial charge on any atom is 0.573 e. The Hall–Kier alpha value is -5.14. The predicted octanol–water partition coefficient (Wildman–Crippen LogP) is 8.24. The lowest BCUT2D eigenvalue weighted by Crippen LogP contribution is -2.29. The van der Waals surface area contributed by atoms with Crippen molar-refractivity contribution in [2.24, 2.45) is 5.92 Å². The number of hydrogen-bond donors (Lipinski definition) is 0. The molecule has 4 aromatic carbocycles. The minimum absolute atomic E-state index is 0.0214. The summed E-state index contributed by atoms with van der Waals surface area (Å²) in [5.74, 6) is -7.13. The summed E-state index contributed by atoms with van der Waals surface area (Å²) in [7, 11) is 0. The molecule has 4 rings (SSSR count). The highest BCUT2D eigenvalue weighted by atomic mass is 19.4. The molecule has 0 aliphatic carbocycles. The van der Waals surface area contributed by atoms with Gasteiger partial charge in [0.1, 0.15) is 34.6 Å². The predicted molar refractivity (Wildman–Crippen MR) is 137 cm³/mol. The SMILES string of the molecule is CC(C(=O)Oc1ccc(-c2ccc(OC(F)(F)F)cc2)c(F)c1)C(=O)Oc1ccc(-c2ccc(OC(F)(F)F)cc2)c(F)c1. The van der Waals surface area contributed by atoms with Crippen LogP contribution in [-0.2, 0) is 9.59 Å². The van der Waals surface area contributed by atoms with Crippen LogP contribution < -0.4 is 18.9 Å². The lowest BCUT2D eigenvalue weighted by molar-refractivity contribution is -0.275. The van der Waals surface area contributed by atoms with E-state index in [0.29, 0.717) is 0 Å². The Bertz CT molecular complexity index is 1530. The quantitative estimate of drug-likeness (QED) is 0.0850. The smallest absolute Gasteiger partial charge is 0.426 e. The van der Waals surface area contributed by atoms with Crippen LogP contribution in [0.15, 0.2) is 84.9 Å². The Morgan fingerprint density at radius 3 is 1.16 bits per heavy atom. The third-order valence-corrected chi connectivity index (χ3v) is 5.82. The highest BCUT2D eigenvalue weighted by Crippen LogP contribution is 2.32. The van der Waals surface area contributed by atoms with Gasteiger partial charge in [-0.05, 0) is 66.6 Å². The molecular weight excluding hydrogens is 608 g/mol. The number of carbonyl (C=O) groups excluding carboxylic acids is 2. The van der Waals surface area contributed by atoms with Gasteiger partial charge >= 0.3 is 24.7 Å². The molecule has 0 aromatic heterocycles. The van der Waals surface area contributed by atoms with Crippen molar-refractivity contribution in [3.63, 3.8) is 0 Å². The minimum Gasteiger partial charge on any atom is -0.426 e. The zero-order chi connectivity index (χ0) is 32.2. The summed E-state index contributed by atoms with van der Waals surface area (Å²) in [5, 5.41) is 0. The fourth-order valence-electron chi connectivity index (χ4n) is 3.76. The Balaban J connectivity index is 1.36. The van der Waals surface area contributed by atoms with Crippen LogP contribution >= 0.6 is 0 Å². The van der Waals surface area contributed by atoms with Crippen LogP contribution in [0.25, 0.3) is 22.3 Å². The first kappa shape index (κ1) is 31.8. The molecule has 0 amide bonds. The van der Waals surface area contributed by atoms with Gasteiger partial charge in [-0.25, -0.2) is 8.78 Å². The van der Waals surface area contributed by atoms with Crippen LogP contribution in [0.2, 0.25) is 0 Å². The maximum atomic E-state index is 14.7. The van der Waals surface area contributed by atoms with Crippen LogP contribution in [-0.4, -0.2) is 24.7 Å². The fourth-order valence-corrected chi connectivity index (χ4v) is 3.76. The van der Waals surface area contributed by atoms with Gasteiger partial charge in [-0.2, -0.15) is 0 Å². The van der Waals surface area contributed by atoms with Gasteiger partial charge < -0.3 is 18.9 Å². The molecule has 6 nitrogen and oxygen atoms in total. The number of benzene rings is 4.